The summed E-state index contributed by atoms with van der Waals surface area (Å²) in [5.74, 6) is -0.347. The van der Waals surface area contributed by atoms with Crippen molar-refractivity contribution in [1.29, 1.82) is 0 Å². The molecule has 1 fully saturated rings. The number of halogens is 1. The Bertz CT molecular complexity index is 491. The monoisotopic (exact) mass is 296 g/mol. The van der Waals surface area contributed by atoms with Crippen LogP contribution in [-0.4, -0.2) is 43.2 Å². The molecule has 0 amide bonds. The summed E-state index contributed by atoms with van der Waals surface area (Å²) in [6.45, 7) is 6.49. The Balaban J connectivity index is 2.08. The zero-order valence-corrected chi connectivity index (χ0v) is 12.9. The molecule has 1 unspecified atom stereocenters. The highest BCUT2D eigenvalue weighted by atomic mass is 35.5. The number of carbonyl (C=O) groups excluding carboxylic acids is 1. The fraction of sp³-hybridized carbons (Fsp3) is 0.533. The lowest BCUT2D eigenvalue weighted by atomic mass is 10.1. The second-order valence-corrected chi connectivity index (χ2v) is 5.81. The van der Waals surface area contributed by atoms with Crippen molar-refractivity contribution in [1.82, 2.24) is 4.90 Å². The van der Waals surface area contributed by atoms with Gasteiger partial charge in [-0.3, -0.25) is 4.90 Å². The van der Waals surface area contributed by atoms with Crippen molar-refractivity contribution in [2.45, 2.75) is 32.4 Å². The topological polar surface area (TPSA) is 41.6 Å². The Morgan fingerprint density at radius 1 is 1.50 bits per heavy atom. The third-order valence-corrected chi connectivity index (χ3v) is 4.03. The highest BCUT2D eigenvalue weighted by molar-refractivity contribution is 6.33. The molecule has 20 heavy (non-hydrogen) atoms. The van der Waals surface area contributed by atoms with Gasteiger partial charge in [-0.25, -0.2) is 4.79 Å². The minimum absolute atomic E-state index is 0.347. The van der Waals surface area contributed by atoms with E-state index in [4.69, 9.17) is 16.3 Å². The molecule has 1 aromatic rings. The minimum Gasteiger partial charge on any atom is -0.465 e. The first-order valence-corrected chi connectivity index (χ1v) is 7.27. The van der Waals surface area contributed by atoms with Gasteiger partial charge in [-0.15, -0.1) is 0 Å². The number of hydrogen-bond donors (Lipinski definition) is 1. The third kappa shape index (κ3) is 3.44. The maximum Gasteiger partial charge on any atom is 0.337 e. The van der Waals surface area contributed by atoms with E-state index in [1.54, 1.807) is 18.2 Å². The molecule has 1 N–H and O–H groups in total. The molecule has 1 heterocycles. The van der Waals surface area contributed by atoms with Crippen LogP contribution in [0.1, 0.15) is 30.6 Å². The number of ether oxygens (including phenoxy) is 1. The van der Waals surface area contributed by atoms with Crippen LogP contribution in [0.25, 0.3) is 0 Å². The second-order valence-electron chi connectivity index (χ2n) is 5.40. The van der Waals surface area contributed by atoms with Gasteiger partial charge in [0.1, 0.15) is 0 Å². The highest BCUT2D eigenvalue weighted by Crippen LogP contribution is 2.26. The number of carbonyl (C=O) groups is 1. The number of esters is 1. The molecule has 0 spiro atoms. The Morgan fingerprint density at radius 2 is 2.25 bits per heavy atom. The maximum absolute atomic E-state index is 11.6. The van der Waals surface area contributed by atoms with Crippen molar-refractivity contribution in [3.8, 4) is 0 Å². The Labute approximate surface area is 125 Å². The van der Waals surface area contributed by atoms with E-state index in [-0.39, 0.29) is 5.97 Å². The summed E-state index contributed by atoms with van der Waals surface area (Å²) >= 11 is 6.19. The van der Waals surface area contributed by atoms with E-state index in [0.29, 0.717) is 22.7 Å². The highest BCUT2D eigenvalue weighted by Gasteiger charge is 2.24. The fourth-order valence-electron chi connectivity index (χ4n) is 2.47. The summed E-state index contributed by atoms with van der Waals surface area (Å²) < 4.78 is 4.73. The average molecular weight is 297 g/mol. The summed E-state index contributed by atoms with van der Waals surface area (Å²) in [5, 5.41) is 4.06. The van der Waals surface area contributed by atoms with Gasteiger partial charge in [0.15, 0.2) is 0 Å². The molecule has 0 aliphatic carbocycles. The van der Waals surface area contributed by atoms with Gasteiger partial charge >= 0.3 is 5.97 Å². The first-order valence-electron chi connectivity index (χ1n) is 6.89. The van der Waals surface area contributed by atoms with Crippen LogP contribution in [0.5, 0.6) is 0 Å². The summed E-state index contributed by atoms with van der Waals surface area (Å²) in [4.78, 5) is 14.0. The molecule has 2 rings (SSSR count). The molecule has 5 heteroatoms. The van der Waals surface area contributed by atoms with Crippen LogP contribution in [0.15, 0.2) is 18.2 Å². The van der Waals surface area contributed by atoms with Gasteiger partial charge in [0.05, 0.1) is 23.4 Å². The number of likely N-dealkylation sites (tertiary alicyclic amines) is 1. The van der Waals surface area contributed by atoms with Gasteiger partial charge < -0.3 is 10.1 Å². The summed E-state index contributed by atoms with van der Waals surface area (Å²) in [5.41, 5.74) is 1.31. The predicted octanol–water partition coefficient (Wildman–Crippen LogP) is 3.02. The lowest BCUT2D eigenvalue weighted by Crippen LogP contribution is -2.31. The van der Waals surface area contributed by atoms with Crippen molar-refractivity contribution < 1.29 is 9.53 Å². The number of hydrogen-bond acceptors (Lipinski definition) is 4. The van der Waals surface area contributed by atoms with E-state index in [9.17, 15) is 4.79 Å². The summed E-state index contributed by atoms with van der Waals surface area (Å²) in [7, 11) is 1.38. The number of nitrogens with zero attached hydrogens (tertiary/aromatic N) is 1. The lowest BCUT2D eigenvalue weighted by molar-refractivity contribution is 0.0601. The smallest absolute Gasteiger partial charge is 0.337 e. The van der Waals surface area contributed by atoms with Gasteiger partial charge in [-0.05, 0) is 38.5 Å². The Kier molecular flexibility index (Phi) is 4.89. The Hall–Kier alpha value is -1.26. The standard InChI is InChI=1S/C15H21ClN2O2/c1-10(2)18-7-6-12(9-18)17-14-8-11(15(19)20-3)4-5-13(14)16/h4-5,8,10,12,17H,6-7,9H2,1-3H3. The molecule has 0 aromatic heterocycles. The molecule has 1 saturated heterocycles. The van der Waals surface area contributed by atoms with E-state index < -0.39 is 0 Å². The Morgan fingerprint density at radius 3 is 2.85 bits per heavy atom. The number of rotatable bonds is 4. The van der Waals surface area contributed by atoms with Crippen molar-refractivity contribution in [3.05, 3.63) is 28.8 Å². The molecule has 0 bridgehead atoms. The molecule has 1 aliphatic rings. The maximum atomic E-state index is 11.6. The van der Waals surface area contributed by atoms with Crippen LogP contribution in [-0.2, 0) is 4.74 Å². The van der Waals surface area contributed by atoms with Crippen LogP contribution in [0.2, 0.25) is 5.02 Å². The minimum atomic E-state index is -0.347. The third-order valence-electron chi connectivity index (χ3n) is 3.70. The molecule has 4 nitrogen and oxygen atoms in total. The lowest BCUT2D eigenvalue weighted by Gasteiger charge is -2.21. The summed E-state index contributed by atoms with van der Waals surface area (Å²) in [6.07, 6.45) is 1.08. The van der Waals surface area contributed by atoms with E-state index in [1.807, 2.05) is 0 Å². The average Bonchev–Trinajstić information content (AvgIpc) is 2.89. The number of benzene rings is 1. The van der Waals surface area contributed by atoms with E-state index in [1.165, 1.54) is 7.11 Å². The summed E-state index contributed by atoms with van der Waals surface area (Å²) in [6, 6.07) is 6.08. The first-order chi connectivity index (χ1) is 9.51. The number of anilines is 1. The SMILES string of the molecule is COC(=O)c1ccc(Cl)c(NC2CCN(C(C)C)C2)c1. The van der Waals surface area contributed by atoms with Crippen molar-refractivity contribution in [2.75, 3.05) is 25.5 Å². The zero-order valence-electron chi connectivity index (χ0n) is 12.1. The van der Waals surface area contributed by atoms with Crippen molar-refractivity contribution >= 4 is 23.3 Å². The second kappa shape index (κ2) is 6.46. The van der Waals surface area contributed by atoms with Crippen LogP contribution >= 0.6 is 11.6 Å². The van der Waals surface area contributed by atoms with E-state index >= 15 is 0 Å². The molecule has 1 aromatic carbocycles. The van der Waals surface area contributed by atoms with Gasteiger partial charge in [0, 0.05) is 25.2 Å². The van der Waals surface area contributed by atoms with Crippen LogP contribution in [0, 0.1) is 0 Å². The van der Waals surface area contributed by atoms with E-state index in [2.05, 4.69) is 24.1 Å². The molecule has 1 atom stereocenters. The van der Waals surface area contributed by atoms with Crippen LogP contribution in [0.4, 0.5) is 5.69 Å². The first kappa shape index (κ1) is 15.1. The molecule has 0 saturated carbocycles. The number of nitrogens with one attached hydrogen (secondary N) is 1. The van der Waals surface area contributed by atoms with Crippen LogP contribution in [0.3, 0.4) is 0 Å². The quantitative estimate of drug-likeness (QED) is 0.867. The van der Waals surface area contributed by atoms with Gasteiger partial charge in [-0.1, -0.05) is 11.6 Å². The van der Waals surface area contributed by atoms with Crippen LogP contribution < -0.4 is 5.32 Å². The zero-order chi connectivity index (χ0) is 14.7. The molecular weight excluding hydrogens is 276 g/mol. The fourth-order valence-corrected chi connectivity index (χ4v) is 2.65. The van der Waals surface area contributed by atoms with Gasteiger partial charge in [0.2, 0.25) is 0 Å². The predicted molar refractivity (Wildman–Crippen MR) is 81.5 cm³/mol. The van der Waals surface area contributed by atoms with Gasteiger partial charge in [0.25, 0.3) is 0 Å². The van der Waals surface area contributed by atoms with Gasteiger partial charge in [-0.2, -0.15) is 0 Å². The van der Waals surface area contributed by atoms with E-state index in [0.717, 1.165) is 25.2 Å². The normalized spacial score (nSPS) is 19.4. The number of methoxy groups -OCH3 is 1. The molecule has 0 radical (unpaired) electrons. The largest absolute Gasteiger partial charge is 0.465 e. The van der Waals surface area contributed by atoms with Crippen molar-refractivity contribution in [3.63, 3.8) is 0 Å². The molecule has 110 valence electrons. The molecular formula is C15H21ClN2O2. The van der Waals surface area contributed by atoms with Crippen molar-refractivity contribution in [2.24, 2.45) is 0 Å². The molecule has 1 aliphatic heterocycles.